The van der Waals surface area contributed by atoms with Crippen LogP contribution in [0, 0.1) is 12.7 Å². The van der Waals surface area contributed by atoms with E-state index in [0.717, 1.165) is 38.5 Å². The van der Waals surface area contributed by atoms with E-state index in [2.05, 4.69) is 20.1 Å². The van der Waals surface area contributed by atoms with E-state index < -0.39 is 0 Å². The average Bonchev–Trinajstić information content (AvgIpc) is 3.06. The highest BCUT2D eigenvalue weighted by Crippen LogP contribution is 2.19. The number of halogens is 1. The van der Waals surface area contributed by atoms with Gasteiger partial charge in [0, 0.05) is 64.6 Å². The number of amides is 1. The molecule has 1 aliphatic rings. The number of anilines is 1. The first kappa shape index (κ1) is 18.4. The monoisotopic (exact) mass is 359 g/mol. The first-order valence-corrected chi connectivity index (χ1v) is 9.10. The molecule has 1 N–H and O–H groups in total. The topological polar surface area (TPSA) is 53.4 Å². The molecule has 2 aromatic rings. The zero-order valence-electron chi connectivity index (χ0n) is 15.2. The number of imidazole rings is 1. The molecule has 1 fully saturated rings. The first-order valence-electron chi connectivity index (χ1n) is 9.10. The normalized spacial score (nSPS) is 15.2. The number of piperazine rings is 1. The van der Waals surface area contributed by atoms with Crippen LogP contribution >= 0.6 is 0 Å². The van der Waals surface area contributed by atoms with Gasteiger partial charge in [-0.05, 0) is 19.1 Å². The summed E-state index contributed by atoms with van der Waals surface area (Å²) in [7, 11) is 0. The minimum atomic E-state index is -0.165. The summed E-state index contributed by atoms with van der Waals surface area (Å²) in [4.78, 5) is 20.5. The van der Waals surface area contributed by atoms with E-state index in [-0.39, 0.29) is 11.7 Å². The number of nitrogens with one attached hydrogen (secondary N) is 1. The van der Waals surface area contributed by atoms with E-state index in [1.807, 2.05) is 29.8 Å². The molecule has 26 heavy (non-hydrogen) atoms. The summed E-state index contributed by atoms with van der Waals surface area (Å²) >= 11 is 0. The molecule has 140 valence electrons. The SMILES string of the molecule is Cc1nccn1CCC(=O)NCCN1CCN(c2ccccc2F)CC1. The molecule has 0 aliphatic carbocycles. The summed E-state index contributed by atoms with van der Waals surface area (Å²) in [5.74, 6) is 0.815. The van der Waals surface area contributed by atoms with Crippen molar-refractivity contribution in [1.82, 2.24) is 19.8 Å². The number of benzene rings is 1. The lowest BCUT2D eigenvalue weighted by atomic mass is 10.2. The molecule has 1 saturated heterocycles. The standard InChI is InChI=1S/C19H26FN5O/c1-16-21-8-11-24(16)9-6-19(26)22-7-10-23-12-14-25(15-13-23)18-5-3-2-4-17(18)20/h2-5,8,11H,6-7,9-10,12-15H2,1H3,(H,22,26). The van der Waals surface area contributed by atoms with Gasteiger partial charge in [-0.25, -0.2) is 9.37 Å². The smallest absolute Gasteiger partial charge is 0.221 e. The molecular weight excluding hydrogens is 333 g/mol. The second-order valence-corrected chi connectivity index (χ2v) is 6.55. The van der Waals surface area contributed by atoms with Gasteiger partial charge in [0.15, 0.2) is 0 Å². The quantitative estimate of drug-likeness (QED) is 0.817. The summed E-state index contributed by atoms with van der Waals surface area (Å²) < 4.78 is 15.8. The summed E-state index contributed by atoms with van der Waals surface area (Å²) in [6.07, 6.45) is 4.09. The van der Waals surface area contributed by atoms with E-state index in [4.69, 9.17) is 0 Å². The largest absolute Gasteiger partial charge is 0.367 e. The third kappa shape index (κ3) is 4.82. The van der Waals surface area contributed by atoms with Crippen LogP contribution in [-0.4, -0.2) is 59.6 Å². The van der Waals surface area contributed by atoms with Gasteiger partial charge in [-0.15, -0.1) is 0 Å². The summed E-state index contributed by atoms with van der Waals surface area (Å²) in [6, 6.07) is 6.91. The van der Waals surface area contributed by atoms with Crippen LogP contribution in [-0.2, 0) is 11.3 Å². The van der Waals surface area contributed by atoms with Crippen LogP contribution in [0.5, 0.6) is 0 Å². The van der Waals surface area contributed by atoms with E-state index in [0.29, 0.717) is 25.2 Å². The molecule has 0 saturated carbocycles. The summed E-state index contributed by atoms with van der Waals surface area (Å²) in [5.41, 5.74) is 0.676. The minimum Gasteiger partial charge on any atom is -0.367 e. The van der Waals surface area contributed by atoms with E-state index in [9.17, 15) is 9.18 Å². The van der Waals surface area contributed by atoms with Crippen molar-refractivity contribution in [3.05, 3.63) is 48.3 Å². The second kappa shape index (κ2) is 8.80. The Balaban J connectivity index is 1.33. The number of rotatable bonds is 7. The maximum Gasteiger partial charge on any atom is 0.221 e. The fourth-order valence-electron chi connectivity index (χ4n) is 3.22. The minimum absolute atomic E-state index is 0.0584. The zero-order valence-corrected chi connectivity index (χ0v) is 15.2. The Morgan fingerprint density at radius 2 is 1.96 bits per heavy atom. The Morgan fingerprint density at radius 1 is 1.19 bits per heavy atom. The van der Waals surface area contributed by atoms with Gasteiger partial charge in [0.05, 0.1) is 5.69 Å². The van der Waals surface area contributed by atoms with Crippen LogP contribution in [0.2, 0.25) is 0 Å². The molecule has 0 bridgehead atoms. The Morgan fingerprint density at radius 3 is 2.65 bits per heavy atom. The fourth-order valence-corrected chi connectivity index (χ4v) is 3.22. The van der Waals surface area contributed by atoms with Crippen molar-refractivity contribution in [3.8, 4) is 0 Å². The number of para-hydroxylation sites is 1. The molecule has 0 unspecified atom stereocenters. The van der Waals surface area contributed by atoms with E-state index in [1.54, 1.807) is 12.3 Å². The maximum absolute atomic E-state index is 13.9. The highest BCUT2D eigenvalue weighted by molar-refractivity contribution is 5.75. The zero-order chi connectivity index (χ0) is 18.4. The van der Waals surface area contributed by atoms with Gasteiger partial charge in [-0.1, -0.05) is 12.1 Å². The van der Waals surface area contributed by atoms with Crippen molar-refractivity contribution in [2.24, 2.45) is 0 Å². The van der Waals surface area contributed by atoms with E-state index in [1.165, 1.54) is 6.07 Å². The first-order chi connectivity index (χ1) is 12.6. The molecule has 0 radical (unpaired) electrons. The second-order valence-electron chi connectivity index (χ2n) is 6.55. The summed E-state index contributed by atoms with van der Waals surface area (Å²) in [6.45, 7) is 7.39. The van der Waals surface area contributed by atoms with Crippen molar-refractivity contribution in [3.63, 3.8) is 0 Å². The fraction of sp³-hybridized carbons (Fsp3) is 0.474. The van der Waals surface area contributed by atoms with Gasteiger partial charge in [0.25, 0.3) is 0 Å². The number of hydrogen-bond donors (Lipinski definition) is 1. The van der Waals surface area contributed by atoms with Crippen molar-refractivity contribution in [1.29, 1.82) is 0 Å². The van der Waals surface area contributed by atoms with Crippen LogP contribution in [0.1, 0.15) is 12.2 Å². The molecule has 1 aromatic heterocycles. The predicted molar refractivity (Wildman–Crippen MR) is 99.6 cm³/mol. The molecule has 0 spiro atoms. The Labute approximate surface area is 153 Å². The van der Waals surface area contributed by atoms with Crippen molar-refractivity contribution < 1.29 is 9.18 Å². The highest BCUT2D eigenvalue weighted by Gasteiger charge is 2.18. The number of hydrogen-bond acceptors (Lipinski definition) is 4. The van der Waals surface area contributed by atoms with Gasteiger partial charge < -0.3 is 14.8 Å². The Kier molecular flexibility index (Phi) is 6.22. The summed E-state index contributed by atoms with van der Waals surface area (Å²) in [5, 5.41) is 2.98. The third-order valence-corrected chi connectivity index (χ3v) is 4.82. The number of aromatic nitrogens is 2. The van der Waals surface area contributed by atoms with Gasteiger partial charge >= 0.3 is 0 Å². The lowest BCUT2D eigenvalue weighted by Crippen LogP contribution is -2.48. The lowest BCUT2D eigenvalue weighted by Gasteiger charge is -2.36. The van der Waals surface area contributed by atoms with Crippen molar-refractivity contribution in [2.45, 2.75) is 19.9 Å². The average molecular weight is 359 g/mol. The highest BCUT2D eigenvalue weighted by atomic mass is 19.1. The molecule has 3 rings (SSSR count). The predicted octanol–water partition coefficient (Wildman–Crippen LogP) is 1.66. The number of aryl methyl sites for hydroxylation is 2. The van der Waals surface area contributed by atoms with Gasteiger partial charge in [0.1, 0.15) is 11.6 Å². The van der Waals surface area contributed by atoms with Crippen LogP contribution < -0.4 is 10.2 Å². The van der Waals surface area contributed by atoms with E-state index >= 15 is 0 Å². The lowest BCUT2D eigenvalue weighted by molar-refractivity contribution is -0.121. The van der Waals surface area contributed by atoms with Gasteiger partial charge in [0.2, 0.25) is 5.91 Å². The third-order valence-electron chi connectivity index (χ3n) is 4.82. The van der Waals surface area contributed by atoms with Crippen LogP contribution in [0.4, 0.5) is 10.1 Å². The molecule has 1 aliphatic heterocycles. The molecule has 0 atom stereocenters. The molecule has 1 amide bonds. The number of carbonyl (C=O) groups excluding carboxylic acids is 1. The Hall–Kier alpha value is -2.41. The Bertz CT molecular complexity index is 724. The molecule has 7 heteroatoms. The molecule has 1 aromatic carbocycles. The van der Waals surface area contributed by atoms with Crippen LogP contribution in [0.25, 0.3) is 0 Å². The molecular formula is C19H26FN5O. The van der Waals surface area contributed by atoms with Crippen molar-refractivity contribution in [2.75, 3.05) is 44.2 Å². The number of carbonyl (C=O) groups is 1. The van der Waals surface area contributed by atoms with Crippen LogP contribution in [0.15, 0.2) is 36.7 Å². The maximum atomic E-state index is 13.9. The number of nitrogens with zero attached hydrogens (tertiary/aromatic N) is 4. The van der Waals surface area contributed by atoms with Crippen molar-refractivity contribution >= 4 is 11.6 Å². The van der Waals surface area contributed by atoms with Gasteiger partial charge in [-0.2, -0.15) is 0 Å². The molecule has 2 heterocycles. The van der Waals surface area contributed by atoms with Gasteiger partial charge in [-0.3, -0.25) is 9.69 Å². The van der Waals surface area contributed by atoms with Crippen LogP contribution in [0.3, 0.4) is 0 Å². The molecule has 6 nitrogen and oxygen atoms in total.